The molecule has 0 aromatic heterocycles. The summed E-state index contributed by atoms with van der Waals surface area (Å²) in [6.45, 7) is 4.29. The zero-order chi connectivity index (χ0) is 13.0. The van der Waals surface area contributed by atoms with Crippen molar-refractivity contribution in [2.24, 2.45) is 5.92 Å². The smallest absolute Gasteiger partial charge is 0.335 e. The summed E-state index contributed by atoms with van der Waals surface area (Å²) in [5.41, 5.74) is -0.321. The van der Waals surface area contributed by atoms with Crippen molar-refractivity contribution < 1.29 is 19.1 Å². The highest BCUT2D eigenvalue weighted by Gasteiger charge is 2.14. The van der Waals surface area contributed by atoms with E-state index in [1.165, 1.54) is 12.1 Å². The summed E-state index contributed by atoms with van der Waals surface area (Å²) >= 11 is 0. The molecule has 0 aliphatic rings. The van der Waals surface area contributed by atoms with Crippen LogP contribution in [0.15, 0.2) is 18.2 Å². The quantitative estimate of drug-likeness (QED) is 0.843. The van der Waals surface area contributed by atoms with Crippen molar-refractivity contribution in [3.8, 4) is 0 Å². The van der Waals surface area contributed by atoms with Crippen LogP contribution in [-0.4, -0.2) is 23.5 Å². The monoisotopic (exact) mass is 239 g/mol. The molecule has 0 bridgehead atoms. The summed E-state index contributed by atoms with van der Waals surface area (Å²) in [7, 11) is 0. The lowest BCUT2D eigenvalue weighted by Crippen LogP contribution is -2.28. The fourth-order valence-corrected chi connectivity index (χ4v) is 1.22. The molecule has 4 nitrogen and oxygen atoms in total. The van der Waals surface area contributed by atoms with Crippen molar-refractivity contribution in [1.82, 2.24) is 5.32 Å². The molecular formula is C12H14FNO3. The average molecular weight is 239 g/mol. The highest BCUT2D eigenvalue weighted by atomic mass is 19.1. The van der Waals surface area contributed by atoms with Crippen LogP contribution in [0.5, 0.6) is 0 Å². The van der Waals surface area contributed by atoms with Gasteiger partial charge >= 0.3 is 5.97 Å². The number of aromatic carboxylic acids is 1. The highest BCUT2D eigenvalue weighted by molar-refractivity contribution is 5.96. The number of carboxylic acids is 1. The van der Waals surface area contributed by atoms with Crippen LogP contribution in [0, 0.1) is 11.7 Å². The van der Waals surface area contributed by atoms with Crippen LogP contribution in [0.3, 0.4) is 0 Å². The molecule has 0 fully saturated rings. The fraction of sp³-hybridized carbons (Fsp3) is 0.333. The lowest BCUT2D eigenvalue weighted by atomic mass is 10.1. The van der Waals surface area contributed by atoms with E-state index in [1.807, 2.05) is 13.8 Å². The second-order valence-electron chi connectivity index (χ2n) is 4.10. The maximum absolute atomic E-state index is 13.5. The molecule has 1 aromatic carbocycles. The first-order chi connectivity index (χ1) is 7.91. The van der Waals surface area contributed by atoms with Gasteiger partial charge in [0.2, 0.25) is 0 Å². The first-order valence-electron chi connectivity index (χ1n) is 5.23. The van der Waals surface area contributed by atoms with Gasteiger partial charge in [-0.15, -0.1) is 0 Å². The Bertz CT molecular complexity index is 443. The minimum atomic E-state index is -1.22. The Balaban J connectivity index is 2.85. The Hall–Kier alpha value is -1.91. The molecule has 0 spiro atoms. The summed E-state index contributed by atoms with van der Waals surface area (Å²) in [4.78, 5) is 22.1. The summed E-state index contributed by atoms with van der Waals surface area (Å²) in [6, 6.07) is 3.22. The van der Waals surface area contributed by atoms with Gasteiger partial charge in [-0.25, -0.2) is 9.18 Å². The summed E-state index contributed by atoms with van der Waals surface area (Å²) in [6.07, 6.45) is 0. The van der Waals surface area contributed by atoms with Gasteiger partial charge < -0.3 is 10.4 Å². The number of nitrogens with one attached hydrogen (secondary N) is 1. The average Bonchev–Trinajstić information content (AvgIpc) is 2.25. The lowest BCUT2D eigenvalue weighted by Gasteiger charge is -2.08. The van der Waals surface area contributed by atoms with Gasteiger partial charge in [-0.1, -0.05) is 13.8 Å². The van der Waals surface area contributed by atoms with Crippen molar-refractivity contribution in [2.45, 2.75) is 13.8 Å². The molecule has 17 heavy (non-hydrogen) atoms. The number of carbonyl (C=O) groups excluding carboxylic acids is 1. The minimum absolute atomic E-state index is 0.143. The van der Waals surface area contributed by atoms with Crippen molar-refractivity contribution in [3.63, 3.8) is 0 Å². The van der Waals surface area contributed by atoms with Gasteiger partial charge in [0.25, 0.3) is 5.91 Å². The number of hydrogen-bond acceptors (Lipinski definition) is 2. The molecule has 0 saturated heterocycles. The van der Waals surface area contributed by atoms with Gasteiger partial charge in [-0.2, -0.15) is 0 Å². The standard InChI is InChI=1S/C12H14FNO3/c1-7(2)6-14-11(15)9-4-3-8(12(16)17)5-10(9)13/h3-5,7H,6H2,1-2H3,(H,14,15)(H,16,17). The second-order valence-corrected chi connectivity index (χ2v) is 4.10. The van der Waals surface area contributed by atoms with Crippen LogP contribution in [0.2, 0.25) is 0 Å². The first kappa shape index (κ1) is 13.2. The molecule has 0 saturated carbocycles. The molecule has 0 radical (unpaired) electrons. The second kappa shape index (κ2) is 5.43. The van der Waals surface area contributed by atoms with Crippen LogP contribution in [-0.2, 0) is 0 Å². The molecule has 5 heteroatoms. The Morgan fingerprint density at radius 3 is 2.53 bits per heavy atom. The van der Waals surface area contributed by atoms with Crippen LogP contribution in [0.25, 0.3) is 0 Å². The van der Waals surface area contributed by atoms with E-state index < -0.39 is 17.7 Å². The van der Waals surface area contributed by atoms with Crippen molar-refractivity contribution in [1.29, 1.82) is 0 Å². The summed E-state index contributed by atoms with van der Waals surface area (Å²) in [5.74, 6) is -2.32. The Morgan fingerprint density at radius 2 is 2.06 bits per heavy atom. The van der Waals surface area contributed by atoms with E-state index in [-0.39, 0.29) is 17.0 Å². The van der Waals surface area contributed by atoms with Gasteiger partial charge in [0.1, 0.15) is 5.82 Å². The van der Waals surface area contributed by atoms with Gasteiger partial charge in [0.05, 0.1) is 11.1 Å². The first-order valence-corrected chi connectivity index (χ1v) is 5.23. The molecule has 0 unspecified atom stereocenters. The van der Waals surface area contributed by atoms with Crippen LogP contribution in [0.1, 0.15) is 34.6 Å². The Morgan fingerprint density at radius 1 is 1.41 bits per heavy atom. The maximum atomic E-state index is 13.5. The molecule has 92 valence electrons. The molecule has 1 amide bonds. The fourth-order valence-electron chi connectivity index (χ4n) is 1.22. The van der Waals surface area contributed by atoms with Crippen molar-refractivity contribution in [3.05, 3.63) is 35.1 Å². The van der Waals surface area contributed by atoms with Gasteiger partial charge in [0.15, 0.2) is 0 Å². The van der Waals surface area contributed by atoms with Crippen molar-refractivity contribution >= 4 is 11.9 Å². The maximum Gasteiger partial charge on any atom is 0.335 e. The minimum Gasteiger partial charge on any atom is -0.478 e. The van der Waals surface area contributed by atoms with E-state index >= 15 is 0 Å². The molecule has 0 atom stereocenters. The Kier molecular flexibility index (Phi) is 4.20. The largest absolute Gasteiger partial charge is 0.478 e. The number of rotatable bonds is 4. The SMILES string of the molecule is CC(C)CNC(=O)c1ccc(C(=O)O)cc1F. The molecule has 0 heterocycles. The number of benzene rings is 1. The number of halogens is 1. The van der Waals surface area contributed by atoms with E-state index in [2.05, 4.69) is 5.32 Å². The number of hydrogen-bond donors (Lipinski definition) is 2. The van der Waals surface area contributed by atoms with E-state index in [4.69, 9.17) is 5.11 Å². The van der Waals surface area contributed by atoms with E-state index in [1.54, 1.807) is 0 Å². The van der Waals surface area contributed by atoms with Crippen LogP contribution < -0.4 is 5.32 Å². The van der Waals surface area contributed by atoms with Crippen LogP contribution in [0.4, 0.5) is 4.39 Å². The van der Waals surface area contributed by atoms with Gasteiger partial charge in [0, 0.05) is 6.54 Å². The molecule has 1 rings (SSSR count). The number of amides is 1. The highest BCUT2D eigenvalue weighted by Crippen LogP contribution is 2.10. The third kappa shape index (κ3) is 3.55. The van der Waals surface area contributed by atoms with Gasteiger partial charge in [-0.05, 0) is 24.1 Å². The molecule has 0 aliphatic heterocycles. The molecule has 1 aromatic rings. The third-order valence-corrected chi connectivity index (χ3v) is 2.13. The van der Waals surface area contributed by atoms with Gasteiger partial charge in [-0.3, -0.25) is 4.79 Å². The zero-order valence-corrected chi connectivity index (χ0v) is 9.66. The lowest BCUT2D eigenvalue weighted by molar-refractivity contribution is 0.0695. The van der Waals surface area contributed by atoms with E-state index in [0.29, 0.717) is 6.54 Å². The normalized spacial score (nSPS) is 10.4. The number of carboxylic acid groups (broad SMARTS) is 1. The summed E-state index contributed by atoms with van der Waals surface area (Å²) < 4.78 is 13.5. The molecule has 0 aliphatic carbocycles. The van der Waals surface area contributed by atoms with E-state index in [9.17, 15) is 14.0 Å². The van der Waals surface area contributed by atoms with Crippen LogP contribution >= 0.6 is 0 Å². The molecular weight excluding hydrogens is 225 g/mol. The Labute approximate surface area is 98.5 Å². The van der Waals surface area contributed by atoms with Crippen molar-refractivity contribution in [2.75, 3.05) is 6.54 Å². The predicted molar refractivity (Wildman–Crippen MR) is 60.5 cm³/mol. The number of carbonyl (C=O) groups is 2. The zero-order valence-electron chi connectivity index (χ0n) is 9.66. The molecule has 2 N–H and O–H groups in total. The summed E-state index contributed by atoms with van der Waals surface area (Å²) in [5, 5.41) is 11.2. The topological polar surface area (TPSA) is 66.4 Å². The third-order valence-electron chi connectivity index (χ3n) is 2.13. The predicted octanol–water partition coefficient (Wildman–Crippen LogP) is 1.91. The van der Waals surface area contributed by atoms with E-state index in [0.717, 1.165) is 6.07 Å².